The van der Waals surface area contributed by atoms with Crippen LogP contribution in [0.2, 0.25) is 0 Å². The third-order valence-corrected chi connectivity index (χ3v) is 4.89. The van der Waals surface area contributed by atoms with Crippen LogP contribution in [0.3, 0.4) is 0 Å². The van der Waals surface area contributed by atoms with Gasteiger partial charge in [-0.05, 0) is 31.0 Å². The predicted octanol–water partition coefficient (Wildman–Crippen LogP) is 3.32. The van der Waals surface area contributed by atoms with Gasteiger partial charge < -0.3 is 4.74 Å². The summed E-state index contributed by atoms with van der Waals surface area (Å²) in [5.41, 5.74) is 0.917. The summed E-state index contributed by atoms with van der Waals surface area (Å²) >= 11 is 0. The number of alkyl halides is 3. The first-order valence-electron chi connectivity index (χ1n) is 9.51. The molecule has 11 heteroatoms. The number of ketones is 1. The molecule has 0 saturated heterocycles. The number of carbonyl (C=O) groups is 1. The number of Topliss-reactive ketones (excluding diaryl/α,β-unsaturated/α-hetero) is 1. The summed E-state index contributed by atoms with van der Waals surface area (Å²) < 4.78 is 46.0. The van der Waals surface area contributed by atoms with E-state index in [4.69, 9.17) is 4.74 Å². The minimum atomic E-state index is -4.71. The molecule has 3 heterocycles. The van der Waals surface area contributed by atoms with Crippen LogP contribution in [0.15, 0.2) is 30.9 Å². The van der Waals surface area contributed by atoms with Gasteiger partial charge in [-0.25, -0.2) is 4.98 Å². The van der Waals surface area contributed by atoms with Crippen molar-refractivity contribution in [2.24, 2.45) is 0 Å². The second kappa shape index (κ2) is 9.23. The zero-order valence-electron chi connectivity index (χ0n) is 17.5. The van der Waals surface area contributed by atoms with Crippen molar-refractivity contribution < 1.29 is 22.7 Å². The van der Waals surface area contributed by atoms with Crippen LogP contribution >= 0.6 is 0 Å². The number of rotatable bonds is 7. The van der Waals surface area contributed by atoms with Crippen LogP contribution in [0.4, 0.5) is 13.2 Å². The molecular weight excluding hydrogens is 425 g/mol. The molecule has 0 aromatic carbocycles. The third-order valence-electron chi connectivity index (χ3n) is 4.89. The highest BCUT2D eigenvalue weighted by Gasteiger charge is 2.36. The van der Waals surface area contributed by atoms with Gasteiger partial charge in [0.1, 0.15) is 17.4 Å². The van der Waals surface area contributed by atoms with Gasteiger partial charge in [-0.15, -0.1) is 4.80 Å². The van der Waals surface area contributed by atoms with Crippen molar-refractivity contribution in [1.29, 1.82) is 5.26 Å². The summed E-state index contributed by atoms with van der Waals surface area (Å²) in [6, 6.07) is 2.95. The lowest BCUT2D eigenvalue weighted by Gasteiger charge is -2.17. The van der Waals surface area contributed by atoms with Gasteiger partial charge in [-0.3, -0.25) is 9.78 Å². The van der Waals surface area contributed by atoms with E-state index in [-0.39, 0.29) is 24.2 Å². The van der Waals surface area contributed by atoms with Crippen LogP contribution in [-0.4, -0.2) is 37.9 Å². The molecule has 8 nitrogen and oxygen atoms in total. The first kappa shape index (κ1) is 23.0. The Balaban J connectivity index is 1.90. The molecular formula is C21H19F3N6O2. The molecule has 0 saturated carbocycles. The van der Waals surface area contributed by atoms with Crippen molar-refractivity contribution in [3.8, 4) is 11.9 Å². The summed E-state index contributed by atoms with van der Waals surface area (Å²) in [5.74, 6) is -0.833. The number of aromatic nitrogens is 5. The molecule has 1 atom stereocenters. The molecule has 0 fully saturated rings. The van der Waals surface area contributed by atoms with Gasteiger partial charge in [0.05, 0.1) is 29.8 Å². The highest BCUT2D eigenvalue weighted by Crippen LogP contribution is 2.33. The maximum Gasteiger partial charge on any atom is 0.420 e. The Kier molecular flexibility index (Phi) is 6.64. The Morgan fingerprint density at radius 3 is 2.50 bits per heavy atom. The molecule has 0 aliphatic carbocycles. The van der Waals surface area contributed by atoms with Crippen molar-refractivity contribution in [2.75, 3.05) is 7.11 Å². The average molecular weight is 444 g/mol. The van der Waals surface area contributed by atoms with E-state index >= 15 is 0 Å². The summed E-state index contributed by atoms with van der Waals surface area (Å²) in [7, 11) is 1.48. The van der Waals surface area contributed by atoms with Crippen LogP contribution in [-0.2, 0) is 28.5 Å². The maximum atomic E-state index is 13.6. The molecule has 0 N–H and O–H groups in total. The number of aryl methyl sites for hydroxylation is 1. The van der Waals surface area contributed by atoms with E-state index in [1.54, 1.807) is 13.8 Å². The fourth-order valence-corrected chi connectivity index (χ4v) is 3.32. The number of pyridine rings is 2. The van der Waals surface area contributed by atoms with E-state index in [2.05, 4.69) is 26.2 Å². The Hall–Kier alpha value is -3.65. The molecule has 0 radical (unpaired) electrons. The van der Waals surface area contributed by atoms with E-state index in [9.17, 15) is 23.2 Å². The van der Waals surface area contributed by atoms with E-state index in [1.165, 1.54) is 31.9 Å². The number of ether oxygens (including phenoxy) is 1. The highest BCUT2D eigenvalue weighted by molar-refractivity contribution is 5.83. The van der Waals surface area contributed by atoms with Gasteiger partial charge in [-0.2, -0.15) is 28.6 Å². The van der Waals surface area contributed by atoms with Crippen LogP contribution in [0.5, 0.6) is 0 Å². The lowest BCUT2D eigenvalue weighted by Crippen LogP contribution is -2.17. The molecule has 3 aromatic rings. The molecule has 0 aliphatic heterocycles. The number of halogens is 3. The van der Waals surface area contributed by atoms with Crippen LogP contribution in [0.25, 0.3) is 5.82 Å². The fraction of sp³-hybridized carbons (Fsp3) is 0.333. The van der Waals surface area contributed by atoms with Crippen molar-refractivity contribution >= 4 is 5.78 Å². The topological polar surface area (TPSA) is 107 Å². The summed E-state index contributed by atoms with van der Waals surface area (Å²) in [6.45, 7) is 3.42. The smallest absolute Gasteiger partial charge is 0.377 e. The van der Waals surface area contributed by atoms with Crippen LogP contribution < -0.4 is 0 Å². The summed E-state index contributed by atoms with van der Waals surface area (Å²) in [5, 5.41) is 16.9. The Labute approximate surface area is 181 Å². The zero-order chi connectivity index (χ0) is 23.5. The second-order valence-electron chi connectivity index (χ2n) is 7.07. The molecule has 166 valence electrons. The van der Waals surface area contributed by atoms with Gasteiger partial charge in [0.25, 0.3) is 0 Å². The average Bonchev–Trinajstić information content (AvgIpc) is 3.28. The third kappa shape index (κ3) is 4.81. The van der Waals surface area contributed by atoms with E-state index in [1.807, 2.05) is 0 Å². The number of nitriles is 1. The van der Waals surface area contributed by atoms with Gasteiger partial charge in [0, 0.05) is 37.9 Å². The Morgan fingerprint density at radius 1 is 1.22 bits per heavy atom. The Bertz CT molecular complexity index is 1170. The van der Waals surface area contributed by atoms with Crippen molar-refractivity contribution in [3.63, 3.8) is 0 Å². The molecule has 0 amide bonds. The van der Waals surface area contributed by atoms with E-state index in [0.29, 0.717) is 22.4 Å². The number of hydrogen-bond acceptors (Lipinski definition) is 7. The van der Waals surface area contributed by atoms with Crippen LogP contribution in [0.1, 0.15) is 46.5 Å². The largest absolute Gasteiger partial charge is 0.420 e. The quantitative estimate of drug-likeness (QED) is 0.550. The van der Waals surface area contributed by atoms with Crippen LogP contribution in [0, 0.1) is 18.3 Å². The number of nitrogens with zero attached hydrogens (tertiary/aromatic N) is 6. The lowest BCUT2D eigenvalue weighted by molar-refractivity contribution is -0.138. The Morgan fingerprint density at radius 2 is 1.91 bits per heavy atom. The lowest BCUT2D eigenvalue weighted by atomic mass is 9.93. The first-order valence-corrected chi connectivity index (χ1v) is 9.51. The fourth-order valence-electron chi connectivity index (χ4n) is 3.32. The molecule has 3 rings (SSSR count). The summed E-state index contributed by atoms with van der Waals surface area (Å²) in [4.78, 5) is 21.5. The predicted molar refractivity (Wildman–Crippen MR) is 106 cm³/mol. The van der Waals surface area contributed by atoms with Gasteiger partial charge in [0.15, 0.2) is 5.82 Å². The monoisotopic (exact) mass is 444 g/mol. The minimum Gasteiger partial charge on any atom is -0.377 e. The maximum absolute atomic E-state index is 13.6. The zero-order valence-corrected chi connectivity index (χ0v) is 17.5. The van der Waals surface area contributed by atoms with Crippen molar-refractivity contribution in [3.05, 3.63) is 64.4 Å². The van der Waals surface area contributed by atoms with Gasteiger partial charge in [0.2, 0.25) is 0 Å². The summed E-state index contributed by atoms with van der Waals surface area (Å²) in [6.07, 6.45) is -0.407. The van der Waals surface area contributed by atoms with E-state index < -0.39 is 23.7 Å². The molecule has 0 bridgehead atoms. The number of hydrogen-bond donors (Lipinski definition) is 0. The molecule has 32 heavy (non-hydrogen) atoms. The first-order chi connectivity index (χ1) is 15.2. The van der Waals surface area contributed by atoms with Crippen molar-refractivity contribution in [2.45, 2.75) is 39.0 Å². The SMILES string of the molecule is CO[C@@H](C)c1c(CC(=O)Cc2cnc(-n3nccn3)c(C(F)(F)F)c2)cnc(C)c1C#N. The molecule has 3 aromatic heterocycles. The van der Waals surface area contributed by atoms with Crippen molar-refractivity contribution in [1.82, 2.24) is 25.0 Å². The standard InChI is InChI=1S/C21H19F3N6O2/c1-12-17(9-25)19(13(2)32-3)15(11-26-12)8-16(31)6-14-7-18(21(22,23)24)20(27-10-14)30-28-4-5-29-30/h4-5,7,10-11,13H,6,8H2,1-3H3/t13-/m0/s1. The second-order valence-corrected chi connectivity index (χ2v) is 7.07. The van der Waals surface area contributed by atoms with E-state index in [0.717, 1.165) is 10.9 Å². The molecule has 0 unspecified atom stereocenters. The molecule has 0 aliphatic rings. The highest BCUT2D eigenvalue weighted by atomic mass is 19.4. The number of methoxy groups -OCH3 is 1. The molecule has 0 spiro atoms. The normalized spacial score (nSPS) is 12.4. The van der Waals surface area contributed by atoms with Gasteiger partial charge in [-0.1, -0.05) is 0 Å². The minimum absolute atomic E-state index is 0.0974. The van der Waals surface area contributed by atoms with Gasteiger partial charge >= 0.3 is 6.18 Å². The number of carbonyl (C=O) groups excluding carboxylic acids is 1.